The molecule has 3 N–H and O–H groups in total. The number of carbonyl (C=O) groups excluding carboxylic acids is 1. The Hall–Kier alpha value is -2.18. The summed E-state index contributed by atoms with van der Waals surface area (Å²) < 4.78 is 7.66. The monoisotopic (exact) mass is 328 g/mol. The second-order valence-corrected chi connectivity index (χ2v) is 6.23. The largest absolute Gasteiger partial charge is 0.364 e. The summed E-state index contributed by atoms with van der Waals surface area (Å²) in [6, 6.07) is 8.04. The lowest BCUT2D eigenvalue weighted by molar-refractivity contribution is -0.132. The Bertz CT molecular complexity index is 695. The average Bonchev–Trinajstić information content (AvgIpc) is 3.23. The molecule has 1 aliphatic rings. The highest BCUT2D eigenvalue weighted by Gasteiger charge is 2.30. The first-order chi connectivity index (χ1) is 11.6. The first kappa shape index (κ1) is 16.7. The molecule has 2 aromatic rings. The number of carbonyl (C=O) groups is 1. The van der Waals surface area contributed by atoms with Crippen LogP contribution in [0, 0.1) is 6.92 Å². The Morgan fingerprint density at radius 2 is 2.17 bits per heavy atom. The predicted molar refractivity (Wildman–Crippen MR) is 91.8 cm³/mol. The number of hydrogen-bond acceptors (Lipinski definition) is 4. The van der Waals surface area contributed by atoms with Crippen molar-refractivity contribution in [3.8, 4) is 5.69 Å². The van der Waals surface area contributed by atoms with Crippen LogP contribution in [-0.4, -0.2) is 34.2 Å². The van der Waals surface area contributed by atoms with E-state index in [1.165, 1.54) is 0 Å². The standard InChI is InChI=1S/C18H24N4O2/c1-12(21-18(23)17-8-7-16(11-19)24-17)14-3-5-15(6-4-14)22-10-9-20-13(22)2/h3-6,9-10,12,16-17H,7-8,11,19H2,1-2H3,(H,21,23)/t12?,16-,17+/m1/s1. The highest BCUT2D eigenvalue weighted by Crippen LogP contribution is 2.21. The quantitative estimate of drug-likeness (QED) is 0.878. The maximum absolute atomic E-state index is 12.3. The van der Waals surface area contributed by atoms with Crippen molar-refractivity contribution in [1.29, 1.82) is 0 Å². The minimum atomic E-state index is -0.381. The number of aryl methyl sites for hydroxylation is 1. The van der Waals surface area contributed by atoms with Gasteiger partial charge in [0.2, 0.25) is 5.91 Å². The van der Waals surface area contributed by atoms with Gasteiger partial charge in [0.15, 0.2) is 0 Å². The van der Waals surface area contributed by atoms with E-state index in [-0.39, 0.29) is 24.2 Å². The molecule has 0 saturated carbocycles. The van der Waals surface area contributed by atoms with E-state index in [0.29, 0.717) is 6.54 Å². The molecule has 0 spiro atoms. The van der Waals surface area contributed by atoms with Crippen LogP contribution in [0.25, 0.3) is 5.69 Å². The number of hydrogen-bond donors (Lipinski definition) is 2. The SMILES string of the molecule is Cc1nccn1-c1ccc(C(C)NC(=O)[C@@H]2CC[C@H](CN)O2)cc1. The van der Waals surface area contributed by atoms with Crippen LogP contribution in [-0.2, 0) is 9.53 Å². The second-order valence-electron chi connectivity index (χ2n) is 6.23. The summed E-state index contributed by atoms with van der Waals surface area (Å²) in [5.41, 5.74) is 7.70. The van der Waals surface area contributed by atoms with E-state index in [0.717, 1.165) is 29.9 Å². The lowest BCUT2D eigenvalue weighted by Gasteiger charge is -2.18. The van der Waals surface area contributed by atoms with Crippen LogP contribution in [0.4, 0.5) is 0 Å². The van der Waals surface area contributed by atoms with Gasteiger partial charge in [-0.25, -0.2) is 4.98 Å². The van der Waals surface area contributed by atoms with Crippen LogP contribution in [0.1, 0.15) is 37.2 Å². The molecule has 1 aromatic heterocycles. The summed E-state index contributed by atoms with van der Waals surface area (Å²) in [5.74, 6) is 0.880. The molecule has 1 aliphatic heterocycles. The molecule has 1 unspecified atom stereocenters. The summed E-state index contributed by atoms with van der Waals surface area (Å²) in [6.45, 7) is 4.41. The van der Waals surface area contributed by atoms with Gasteiger partial charge in [0.25, 0.3) is 0 Å². The van der Waals surface area contributed by atoms with Crippen molar-refractivity contribution in [3.63, 3.8) is 0 Å². The lowest BCUT2D eigenvalue weighted by Crippen LogP contribution is -2.37. The third kappa shape index (κ3) is 3.49. The third-order valence-electron chi connectivity index (χ3n) is 4.52. The van der Waals surface area contributed by atoms with E-state index in [1.54, 1.807) is 6.20 Å². The zero-order valence-electron chi connectivity index (χ0n) is 14.1. The Morgan fingerprint density at radius 3 is 2.75 bits per heavy atom. The maximum Gasteiger partial charge on any atom is 0.249 e. The molecule has 2 heterocycles. The molecule has 128 valence electrons. The van der Waals surface area contributed by atoms with Crippen molar-refractivity contribution in [1.82, 2.24) is 14.9 Å². The zero-order chi connectivity index (χ0) is 17.1. The van der Waals surface area contributed by atoms with E-state index in [2.05, 4.69) is 10.3 Å². The number of nitrogens with one attached hydrogen (secondary N) is 1. The third-order valence-corrected chi connectivity index (χ3v) is 4.52. The summed E-state index contributed by atoms with van der Waals surface area (Å²) in [7, 11) is 0. The van der Waals surface area contributed by atoms with Gasteiger partial charge >= 0.3 is 0 Å². The molecule has 0 bridgehead atoms. The summed E-state index contributed by atoms with van der Waals surface area (Å²) in [6.07, 6.45) is 4.92. The number of imidazole rings is 1. The topological polar surface area (TPSA) is 82.2 Å². The van der Waals surface area contributed by atoms with E-state index in [1.807, 2.05) is 48.9 Å². The molecular formula is C18H24N4O2. The van der Waals surface area contributed by atoms with Crippen molar-refractivity contribution in [2.45, 2.75) is 44.9 Å². The molecule has 3 atom stereocenters. The summed E-state index contributed by atoms with van der Waals surface area (Å²) in [5, 5.41) is 3.02. The molecule has 0 aliphatic carbocycles. The molecule has 1 saturated heterocycles. The van der Waals surface area contributed by atoms with Crippen molar-refractivity contribution in [3.05, 3.63) is 48.0 Å². The van der Waals surface area contributed by atoms with Gasteiger partial charge in [0, 0.05) is 24.6 Å². The number of amides is 1. The van der Waals surface area contributed by atoms with Gasteiger partial charge in [-0.1, -0.05) is 12.1 Å². The Morgan fingerprint density at radius 1 is 1.42 bits per heavy atom. The first-order valence-corrected chi connectivity index (χ1v) is 8.34. The Kier molecular flexibility index (Phi) is 4.97. The molecule has 0 radical (unpaired) electrons. The zero-order valence-corrected chi connectivity index (χ0v) is 14.1. The van der Waals surface area contributed by atoms with Gasteiger partial charge in [-0.15, -0.1) is 0 Å². The smallest absolute Gasteiger partial charge is 0.249 e. The van der Waals surface area contributed by atoms with E-state index < -0.39 is 0 Å². The Balaban J connectivity index is 1.62. The van der Waals surface area contributed by atoms with Crippen molar-refractivity contribution in [2.75, 3.05) is 6.54 Å². The van der Waals surface area contributed by atoms with Gasteiger partial charge in [0.1, 0.15) is 11.9 Å². The molecule has 6 nitrogen and oxygen atoms in total. The molecule has 1 amide bonds. The van der Waals surface area contributed by atoms with Crippen LogP contribution in [0.15, 0.2) is 36.7 Å². The number of rotatable bonds is 5. The lowest BCUT2D eigenvalue weighted by atomic mass is 10.1. The molecule has 1 fully saturated rings. The number of aromatic nitrogens is 2. The minimum Gasteiger partial charge on any atom is -0.364 e. The van der Waals surface area contributed by atoms with Crippen LogP contribution in [0.3, 0.4) is 0 Å². The molecular weight excluding hydrogens is 304 g/mol. The minimum absolute atomic E-state index is 0.00811. The fraction of sp³-hybridized carbons (Fsp3) is 0.444. The normalized spacial score (nSPS) is 21.6. The Labute approximate surface area is 142 Å². The van der Waals surface area contributed by atoms with Gasteiger partial charge in [-0.3, -0.25) is 4.79 Å². The summed E-state index contributed by atoms with van der Waals surface area (Å²) >= 11 is 0. The van der Waals surface area contributed by atoms with Crippen molar-refractivity contribution < 1.29 is 9.53 Å². The highest BCUT2D eigenvalue weighted by atomic mass is 16.5. The van der Waals surface area contributed by atoms with E-state index >= 15 is 0 Å². The number of nitrogens with zero attached hydrogens (tertiary/aromatic N) is 2. The summed E-state index contributed by atoms with van der Waals surface area (Å²) in [4.78, 5) is 16.5. The molecule has 24 heavy (non-hydrogen) atoms. The van der Waals surface area contributed by atoms with Crippen LogP contribution in [0.2, 0.25) is 0 Å². The fourth-order valence-corrected chi connectivity index (χ4v) is 3.04. The second kappa shape index (κ2) is 7.15. The molecule has 3 rings (SSSR count). The predicted octanol–water partition coefficient (Wildman–Crippen LogP) is 1.86. The van der Waals surface area contributed by atoms with Gasteiger partial charge in [0.05, 0.1) is 12.1 Å². The van der Waals surface area contributed by atoms with Crippen molar-refractivity contribution >= 4 is 5.91 Å². The number of benzene rings is 1. The van der Waals surface area contributed by atoms with Crippen LogP contribution >= 0.6 is 0 Å². The first-order valence-electron chi connectivity index (χ1n) is 8.34. The molecule has 6 heteroatoms. The average molecular weight is 328 g/mol. The van der Waals surface area contributed by atoms with Crippen LogP contribution in [0.5, 0.6) is 0 Å². The molecule has 1 aromatic carbocycles. The van der Waals surface area contributed by atoms with Gasteiger partial charge in [-0.05, 0) is 44.4 Å². The number of ether oxygens (including phenoxy) is 1. The highest BCUT2D eigenvalue weighted by molar-refractivity contribution is 5.81. The fourth-order valence-electron chi connectivity index (χ4n) is 3.04. The van der Waals surface area contributed by atoms with Gasteiger partial charge < -0.3 is 20.4 Å². The van der Waals surface area contributed by atoms with Crippen LogP contribution < -0.4 is 11.1 Å². The van der Waals surface area contributed by atoms with E-state index in [9.17, 15) is 4.79 Å². The van der Waals surface area contributed by atoms with Gasteiger partial charge in [-0.2, -0.15) is 0 Å². The van der Waals surface area contributed by atoms with E-state index in [4.69, 9.17) is 10.5 Å². The van der Waals surface area contributed by atoms with Crippen molar-refractivity contribution in [2.24, 2.45) is 5.73 Å². The number of nitrogens with two attached hydrogens (primary N) is 1. The maximum atomic E-state index is 12.3.